The quantitative estimate of drug-likeness (QED) is 0.0403. The van der Waals surface area contributed by atoms with Crippen molar-refractivity contribution in [1.82, 2.24) is 0 Å². The van der Waals surface area contributed by atoms with Crippen LogP contribution in [0.5, 0.6) is 17.2 Å². The van der Waals surface area contributed by atoms with Gasteiger partial charge < -0.3 is 42.0 Å². The Labute approximate surface area is 326 Å². The van der Waals surface area contributed by atoms with Crippen molar-refractivity contribution in [3.8, 4) is 17.2 Å². The molecule has 3 rings (SSSR count). The smallest absolute Gasteiger partial charge is 0.462 e. The summed E-state index contributed by atoms with van der Waals surface area (Å²) in [5, 5.41) is 5.04. The zero-order valence-electron chi connectivity index (χ0n) is 29.7. The fourth-order valence-electron chi connectivity index (χ4n) is 3.86. The predicted octanol–water partition coefficient (Wildman–Crippen LogP) is 5.82. The van der Waals surface area contributed by atoms with Crippen molar-refractivity contribution >= 4 is 66.0 Å². The zero-order chi connectivity index (χ0) is 40.8. The number of carbonyl (C=O) groups is 6. The first-order valence-electron chi connectivity index (χ1n) is 16.3. The second-order valence-corrected chi connectivity index (χ2v) is 13.2. The van der Waals surface area contributed by atoms with Crippen LogP contribution in [-0.4, -0.2) is 75.7 Å². The number of ether oxygens (including phenoxy) is 6. The molecule has 3 aromatic carbocycles. The van der Waals surface area contributed by atoms with Gasteiger partial charge in [-0.1, -0.05) is 31.9 Å². The fraction of sp³-hybridized carbons (Fsp3) is 0.189. The van der Waals surface area contributed by atoms with Gasteiger partial charge in [0.2, 0.25) is 0 Å². The Morgan fingerprint density at radius 1 is 0.500 bits per heavy atom. The topological polar surface area (TPSA) is 210 Å². The van der Waals surface area contributed by atoms with Gasteiger partial charge in [0.15, 0.2) is 0 Å². The van der Waals surface area contributed by atoms with Crippen molar-refractivity contribution < 1.29 is 70.8 Å². The average Bonchev–Trinajstić information content (AvgIpc) is 3.18. The van der Waals surface area contributed by atoms with Crippen LogP contribution in [0.4, 0.5) is 21.0 Å². The van der Waals surface area contributed by atoms with Crippen LogP contribution in [0.3, 0.4) is 0 Å². The van der Waals surface area contributed by atoms with Gasteiger partial charge in [0.05, 0.1) is 6.42 Å². The summed E-state index contributed by atoms with van der Waals surface area (Å²) in [7, 11) is 0. The molecule has 0 fully saturated rings. The number of nitrogens with one attached hydrogen (secondary N) is 2. The standard InChI is InChI=1S/C37H37N2O15PS/c1-4-32(40)46-19-20-49-35(43)25-26-7-13-29(14-8-26)52-55(56,53-30-15-9-27(10-16-30)38-36(44)50-23-21-47-33(41)5-2)54-31-17-11-28(12-18-31)39-37(45)51-24-22-48-34(42)6-3/h4-18H,1-3,19-25H2,(H,38,44)(H,39,45). The van der Waals surface area contributed by atoms with Gasteiger partial charge in [-0.25, -0.2) is 24.0 Å². The van der Waals surface area contributed by atoms with E-state index in [2.05, 4.69) is 30.4 Å². The molecule has 3 aromatic rings. The van der Waals surface area contributed by atoms with Gasteiger partial charge in [-0.15, -0.1) is 0 Å². The molecule has 0 saturated carbocycles. The number of rotatable bonds is 22. The largest absolute Gasteiger partial charge is 0.490 e. The van der Waals surface area contributed by atoms with Crippen molar-refractivity contribution in [2.75, 3.05) is 50.3 Å². The molecule has 56 heavy (non-hydrogen) atoms. The number of anilines is 2. The third-order valence-electron chi connectivity index (χ3n) is 6.34. The van der Waals surface area contributed by atoms with Gasteiger partial charge in [-0.05, 0) is 66.2 Å². The average molecular weight is 813 g/mol. The summed E-state index contributed by atoms with van der Waals surface area (Å²) in [4.78, 5) is 69.8. The van der Waals surface area contributed by atoms with Gasteiger partial charge in [0.1, 0.15) is 56.9 Å². The van der Waals surface area contributed by atoms with E-state index in [-0.39, 0.29) is 63.3 Å². The number of hydrogen-bond acceptors (Lipinski definition) is 16. The van der Waals surface area contributed by atoms with Gasteiger partial charge in [-0.3, -0.25) is 15.4 Å². The molecule has 0 radical (unpaired) electrons. The number of amides is 2. The molecule has 2 amide bonds. The maximum absolute atomic E-state index is 12.2. The molecule has 0 bridgehead atoms. The second kappa shape index (κ2) is 23.2. The van der Waals surface area contributed by atoms with Gasteiger partial charge in [0.25, 0.3) is 0 Å². The predicted molar refractivity (Wildman–Crippen MR) is 204 cm³/mol. The Kier molecular flexibility index (Phi) is 18.1. The highest BCUT2D eigenvalue weighted by Crippen LogP contribution is 2.50. The SMILES string of the molecule is C=CC(=O)OCCOC(=O)Cc1ccc(OP(=S)(Oc2ccc(NC(=O)OCCOC(=O)C=C)cc2)Oc2ccc(NC(=O)OCCOC(=O)C=C)cc2)cc1. The van der Waals surface area contributed by atoms with Crippen molar-refractivity contribution in [3.05, 3.63) is 116 Å². The Hall–Kier alpha value is -6.65. The molecule has 0 aliphatic carbocycles. The Morgan fingerprint density at radius 3 is 1.18 bits per heavy atom. The van der Waals surface area contributed by atoms with Crippen molar-refractivity contribution in [2.24, 2.45) is 0 Å². The van der Waals surface area contributed by atoms with Crippen LogP contribution in [0.1, 0.15) is 5.56 Å². The van der Waals surface area contributed by atoms with E-state index in [0.717, 1.165) is 18.2 Å². The molecule has 0 spiro atoms. The van der Waals surface area contributed by atoms with E-state index in [1.807, 2.05) is 0 Å². The molecule has 0 aliphatic heterocycles. The minimum atomic E-state index is -3.73. The van der Waals surface area contributed by atoms with Crippen molar-refractivity contribution in [3.63, 3.8) is 0 Å². The lowest BCUT2D eigenvalue weighted by molar-refractivity contribution is -0.149. The lowest BCUT2D eigenvalue weighted by Gasteiger charge is -2.23. The molecular formula is C37H37N2O15PS. The highest BCUT2D eigenvalue weighted by Gasteiger charge is 2.27. The summed E-state index contributed by atoms with van der Waals surface area (Å²) in [5.74, 6) is -1.82. The lowest BCUT2D eigenvalue weighted by Crippen LogP contribution is -2.17. The normalized spacial score (nSPS) is 10.3. The first-order valence-corrected chi connectivity index (χ1v) is 18.8. The molecular weight excluding hydrogens is 775 g/mol. The third kappa shape index (κ3) is 17.0. The maximum Gasteiger partial charge on any atom is 0.490 e. The third-order valence-corrected chi connectivity index (χ3v) is 8.31. The molecule has 0 atom stereocenters. The number of benzene rings is 3. The highest BCUT2D eigenvalue weighted by atomic mass is 32.5. The van der Waals surface area contributed by atoms with Crippen LogP contribution in [0.2, 0.25) is 0 Å². The van der Waals surface area contributed by atoms with Crippen LogP contribution in [0.15, 0.2) is 111 Å². The fourth-order valence-corrected chi connectivity index (χ4v) is 5.89. The molecule has 0 aromatic heterocycles. The van der Waals surface area contributed by atoms with E-state index < -0.39 is 42.8 Å². The van der Waals surface area contributed by atoms with E-state index in [9.17, 15) is 28.8 Å². The number of carbonyl (C=O) groups excluding carboxylic acids is 6. The Bertz CT molecular complexity index is 1680. The molecule has 0 unspecified atom stereocenters. The number of hydrogen-bond donors (Lipinski definition) is 2. The first kappa shape index (κ1) is 43.8. The van der Waals surface area contributed by atoms with Crippen LogP contribution in [0, 0.1) is 0 Å². The van der Waals surface area contributed by atoms with Crippen LogP contribution < -0.4 is 24.2 Å². The Balaban J connectivity index is 1.67. The maximum atomic E-state index is 12.2. The van der Waals surface area contributed by atoms with E-state index in [1.54, 1.807) is 24.3 Å². The summed E-state index contributed by atoms with van der Waals surface area (Å²) in [5.41, 5.74) is 1.26. The molecule has 0 saturated heterocycles. The Morgan fingerprint density at radius 2 is 0.821 bits per heavy atom. The number of esters is 4. The van der Waals surface area contributed by atoms with Crippen LogP contribution in [-0.2, 0) is 65.8 Å². The lowest BCUT2D eigenvalue weighted by atomic mass is 10.1. The molecule has 0 heterocycles. The highest BCUT2D eigenvalue weighted by molar-refractivity contribution is 8.08. The minimum Gasteiger partial charge on any atom is -0.462 e. The van der Waals surface area contributed by atoms with E-state index in [4.69, 9.17) is 53.8 Å². The van der Waals surface area contributed by atoms with Crippen molar-refractivity contribution in [2.45, 2.75) is 6.42 Å². The van der Waals surface area contributed by atoms with Gasteiger partial charge in [-0.2, -0.15) is 0 Å². The molecule has 2 N–H and O–H groups in total. The van der Waals surface area contributed by atoms with Gasteiger partial charge in [0, 0.05) is 41.4 Å². The summed E-state index contributed by atoms with van der Waals surface area (Å²) in [6, 6.07) is 18.4. The molecule has 296 valence electrons. The van der Waals surface area contributed by atoms with E-state index in [0.29, 0.717) is 16.9 Å². The monoisotopic (exact) mass is 812 g/mol. The van der Waals surface area contributed by atoms with Crippen LogP contribution >= 0.6 is 6.72 Å². The first-order chi connectivity index (χ1) is 26.9. The zero-order valence-corrected chi connectivity index (χ0v) is 31.4. The summed E-state index contributed by atoms with van der Waals surface area (Å²) in [6.07, 6.45) is 1.30. The van der Waals surface area contributed by atoms with E-state index >= 15 is 0 Å². The summed E-state index contributed by atoms with van der Waals surface area (Å²) in [6.45, 7) is 5.22. The van der Waals surface area contributed by atoms with Crippen molar-refractivity contribution in [1.29, 1.82) is 0 Å². The van der Waals surface area contributed by atoms with E-state index in [1.165, 1.54) is 48.5 Å². The molecule has 0 aliphatic rings. The molecule has 17 nitrogen and oxygen atoms in total. The minimum absolute atomic E-state index is 0.0791. The summed E-state index contributed by atoms with van der Waals surface area (Å²) >= 11 is 5.78. The summed E-state index contributed by atoms with van der Waals surface area (Å²) < 4.78 is 47.5. The van der Waals surface area contributed by atoms with Gasteiger partial charge >= 0.3 is 42.8 Å². The molecule has 19 heteroatoms. The second-order valence-electron chi connectivity index (χ2n) is 10.4. The van der Waals surface area contributed by atoms with Crippen LogP contribution in [0.25, 0.3) is 0 Å².